The minimum absolute atomic E-state index is 0.0270. The molecule has 9 heteroatoms. The normalized spacial score (nSPS) is 17.4. The molecule has 3 heterocycles. The predicted octanol–water partition coefficient (Wildman–Crippen LogP) is 3.10. The lowest BCUT2D eigenvalue weighted by atomic mass is 10.1. The molecule has 0 spiro atoms. The van der Waals surface area contributed by atoms with Gasteiger partial charge in [0.15, 0.2) is 0 Å². The Bertz CT molecular complexity index is 866. The van der Waals surface area contributed by atoms with Gasteiger partial charge in [0.25, 0.3) is 0 Å². The molecule has 0 radical (unpaired) electrons. The number of aromatic nitrogens is 2. The van der Waals surface area contributed by atoms with E-state index in [1.165, 1.54) is 25.3 Å². The molecule has 2 amide bonds. The summed E-state index contributed by atoms with van der Waals surface area (Å²) in [6.07, 6.45) is 5.22. The van der Waals surface area contributed by atoms with Crippen molar-refractivity contribution in [1.29, 1.82) is 0 Å². The van der Waals surface area contributed by atoms with Crippen LogP contribution in [0.2, 0.25) is 0 Å². The Kier molecular flexibility index (Phi) is 5.73. The summed E-state index contributed by atoms with van der Waals surface area (Å²) in [5.74, 6) is 0.331. The number of halogens is 2. The van der Waals surface area contributed by atoms with Gasteiger partial charge in [-0.15, -0.1) is 0 Å². The van der Waals surface area contributed by atoms with E-state index in [-0.39, 0.29) is 5.69 Å². The van der Waals surface area contributed by atoms with Crippen LogP contribution in [-0.2, 0) is 0 Å². The van der Waals surface area contributed by atoms with Crippen molar-refractivity contribution in [3.8, 4) is 0 Å². The third-order valence-electron chi connectivity index (χ3n) is 5.38. The highest BCUT2D eigenvalue weighted by Crippen LogP contribution is 2.22. The van der Waals surface area contributed by atoms with Crippen LogP contribution in [0, 0.1) is 11.6 Å². The van der Waals surface area contributed by atoms with E-state index in [0.717, 1.165) is 36.9 Å². The van der Waals surface area contributed by atoms with Gasteiger partial charge in [-0.1, -0.05) is 0 Å². The molecule has 0 bridgehead atoms. The first-order valence-corrected chi connectivity index (χ1v) is 9.93. The average molecular weight is 402 g/mol. The Hall–Kier alpha value is -2.97. The van der Waals surface area contributed by atoms with Crippen LogP contribution < -0.4 is 15.1 Å². The minimum atomic E-state index is -0.789. The van der Waals surface area contributed by atoms with E-state index in [9.17, 15) is 13.6 Å². The summed E-state index contributed by atoms with van der Waals surface area (Å²) in [5, 5.41) is 2.51. The van der Waals surface area contributed by atoms with E-state index in [1.54, 1.807) is 11.2 Å². The number of anilines is 3. The first-order valence-electron chi connectivity index (χ1n) is 9.93. The van der Waals surface area contributed by atoms with E-state index in [0.29, 0.717) is 26.2 Å². The van der Waals surface area contributed by atoms with Crippen LogP contribution in [0.15, 0.2) is 30.6 Å². The summed E-state index contributed by atoms with van der Waals surface area (Å²) in [7, 11) is 0. The zero-order chi connectivity index (χ0) is 20.2. The number of nitrogens with zero attached hydrogens (tertiary/aromatic N) is 5. The highest BCUT2D eigenvalue weighted by molar-refractivity contribution is 5.89. The van der Waals surface area contributed by atoms with Crippen molar-refractivity contribution in [3.05, 3.63) is 42.2 Å². The highest BCUT2D eigenvalue weighted by atomic mass is 19.1. The molecular formula is C20H24F2N6O. The fourth-order valence-corrected chi connectivity index (χ4v) is 3.73. The van der Waals surface area contributed by atoms with Gasteiger partial charge in [0, 0.05) is 51.4 Å². The van der Waals surface area contributed by atoms with E-state index in [2.05, 4.69) is 25.1 Å². The van der Waals surface area contributed by atoms with Gasteiger partial charge in [-0.3, -0.25) is 0 Å². The third kappa shape index (κ3) is 4.55. The topological polar surface area (TPSA) is 64.6 Å². The number of hydrogen-bond acceptors (Lipinski definition) is 5. The molecule has 0 unspecified atom stereocenters. The second-order valence-corrected chi connectivity index (χ2v) is 7.31. The van der Waals surface area contributed by atoms with Gasteiger partial charge in [-0.2, -0.15) is 0 Å². The largest absolute Gasteiger partial charge is 0.356 e. The summed E-state index contributed by atoms with van der Waals surface area (Å²) in [6, 6.07) is 4.71. The van der Waals surface area contributed by atoms with Gasteiger partial charge in [-0.05, 0) is 31.4 Å². The van der Waals surface area contributed by atoms with Crippen LogP contribution in [0.5, 0.6) is 0 Å². The number of hydrogen-bond donors (Lipinski definition) is 1. The van der Waals surface area contributed by atoms with E-state index in [4.69, 9.17) is 0 Å². The minimum Gasteiger partial charge on any atom is -0.356 e. The van der Waals surface area contributed by atoms with Gasteiger partial charge >= 0.3 is 6.03 Å². The van der Waals surface area contributed by atoms with Gasteiger partial charge in [0.2, 0.25) is 0 Å². The number of piperazine rings is 1. The fourth-order valence-electron chi connectivity index (χ4n) is 3.73. The summed E-state index contributed by atoms with van der Waals surface area (Å²) in [4.78, 5) is 27.3. The van der Waals surface area contributed by atoms with Gasteiger partial charge < -0.3 is 20.0 Å². The average Bonchev–Trinajstić information content (AvgIpc) is 2.76. The molecule has 1 aromatic heterocycles. The number of piperidine rings is 1. The summed E-state index contributed by atoms with van der Waals surface area (Å²) in [5.41, 5.74) is -0.0270. The SMILES string of the molecule is O=C(Nc1ccc(F)cc1F)N1CCN(c2cc(N3CCCCC3)ncn2)CC1. The molecule has 1 aromatic carbocycles. The second-order valence-electron chi connectivity index (χ2n) is 7.31. The molecule has 154 valence electrons. The molecule has 2 aliphatic rings. The lowest BCUT2D eigenvalue weighted by molar-refractivity contribution is 0.208. The quantitative estimate of drug-likeness (QED) is 0.855. The van der Waals surface area contributed by atoms with Crippen molar-refractivity contribution < 1.29 is 13.6 Å². The molecule has 2 aromatic rings. The fraction of sp³-hybridized carbons (Fsp3) is 0.450. The Morgan fingerprint density at radius 2 is 1.52 bits per heavy atom. The molecule has 7 nitrogen and oxygen atoms in total. The van der Waals surface area contributed by atoms with Crippen molar-refractivity contribution in [3.63, 3.8) is 0 Å². The summed E-state index contributed by atoms with van der Waals surface area (Å²) in [6.45, 7) is 4.25. The number of urea groups is 1. The van der Waals surface area contributed by atoms with Gasteiger partial charge in [-0.25, -0.2) is 23.5 Å². The maximum atomic E-state index is 13.8. The first kappa shape index (κ1) is 19.4. The van der Waals surface area contributed by atoms with Crippen LogP contribution in [0.25, 0.3) is 0 Å². The predicted molar refractivity (Wildman–Crippen MR) is 107 cm³/mol. The van der Waals surface area contributed by atoms with Crippen molar-refractivity contribution in [2.45, 2.75) is 19.3 Å². The van der Waals surface area contributed by atoms with E-state index in [1.807, 2.05) is 6.07 Å². The maximum Gasteiger partial charge on any atom is 0.322 e. The number of amides is 2. The van der Waals surface area contributed by atoms with Crippen LogP contribution in [0.4, 0.5) is 30.9 Å². The van der Waals surface area contributed by atoms with Gasteiger partial charge in [0.1, 0.15) is 29.6 Å². The van der Waals surface area contributed by atoms with Crippen molar-refractivity contribution in [1.82, 2.24) is 14.9 Å². The first-order chi connectivity index (χ1) is 14.1. The van der Waals surface area contributed by atoms with Crippen LogP contribution in [0.3, 0.4) is 0 Å². The summed E-state index contributed by atoms with van der Waals surface area (Å²) >= 11 is 0. The molecule has 1 N–H and O–H groups in total. The molecule has 0 aliphatic carbocycles. The number of nitrogens with one attached hydrogen (secondary N) is 1. The van der Waals surface area contributed by atoms with Crippen molar-refractivity contribution >= 4 is 23.4 Å². The van der Waals surface area contributed by atoms with Gasteiger partial charge in [0.05, 0.1) is 5.69 Å². The monoisotopic (exact) mass is 402 g/mol. The smallest absolute Gasteiger partial charge is 0.322 e. The van der Waals surface area contributed by atoms with Crippen LogP contribution >= 0.6 is 0 Å². The van der Waals surface area contributed by atoms with Crippen LogP contribution in [0.1, 0.15) is 19.3 Å². The Morgan fingerprint density at radius 3 is 2.17 bits per heavy atom. The Balaban J connectivity index is 1.35. The molecule has 4 rings (SSSR count). The zero-order valence-corrected chi connectivity index (χ0v) is 16.2. The number of benzene rings is 1. The third-order valence-corrected chi connectivity index (χ3v) is 5.38. The maximum absolute atomic E-state index is 13.8. The molecule has 0 atom stereocenters. The van der Waals surface area contributed by atoms with Crippen molar-refractivity contribution in [2.75, 3.05) is 54.4 Å². The standard InChI is InChI=1S/C20H24F2N6O/c21-15-4-5-17(16(22)12-15)25-20(29)28-10-8-27(9-11-28)19-13-18(23-14-24-19)26-6-2-1-3-7-26/h4-5,12-14H,1-3,6-11H2,(H,25,29). The molecule has 2 saturated heterocycles. The second kappa shape index (κ2) is 8.59. The lowest BCUT2D eigenvalue weighted by Gasteiger charge is -2.36. The van der Waals surface area contributed by atoms with Crippen LogP contribution in [-0.4, -0.2) is 60.2 Å². The number of rotatable bonds is 3. The zero-order valence-electron chi connectivity index (χ0n) is 16.2. The van der Waals surface area contributed by atoms with E-state index >= 15 is 0 Å². The summed E-state index contributed by atoms with van der Waals surface area (Å²) < 4.78 is 26.8. The number of carbonyl (C=O) groups excluding carboxylic acids is 1. The van der Waals surface area contributed by atoms with E-state index < -0.39 is 17.7 Å². The molecule has 2 fully saturated rings. The van der Waals surface area contributed by atoms with Crippen molar-refractivity contribution in [2.24, 2.45) is 0 Å². The lowest BCUT2D eigenvalue weighted by Crippen LogP contribution is -2.50. The Labute approximate surface area is 168 Å². The molecule has 2 aliphatic heterocycles. The molecule has 29 heavy (non-hydrogen) atoms. The highest BCUT2D eigenvalue weighted by Gasteiger charge is 2.23. The number of carbonyl (C=O) groups is 1. The molecular weight excluding hydrogens is 378 g/mol. The Morgan fingerprint density at radius 1 is 0.862 bits per heavy atom. The molecule has 0 saturated carbocycles.